The molecule has 0 fully saturated rings. The zero-order valence-corrected chi connectivity index (χ0v) is 19.3. The first-order valence-corrected chi connectivity index (χ1v) is 11.1. The van der Waals surface area contributed by atoms with Crippen LogP contribution < -0.4 is 15.6 Å². The number of carbonyl (C=O) groups is 3. The maximum Gasteiger partial charge on any atom is 0.290 e. The van der Waals surface area contributed by atoms with Crippen molar-refractivity contribution in [2.24, 2.45) is 0 Å². The Morgan fingerprint density at radius 3 is 2.50 bits per heavy atom. The summed E-state index contributed by atoms with van der Waals surface area (Å²) < 4.78 is 11.0. The number of amides is 3. The van der Waals surface area contributed by atoms with Crippen molar-refractivity contribution in [3.05, 3.63) is 88.9 Å². The van der Waals surface area contributed by atoms with Gasteiger partial charge in [-0.05, 0) is 61.2 Å². The number of carbonyl (C=O) groups excluding carboxylic acids is 3. The minimum atomic E-state index is -0.839. The molecule has 0 radical (unpaired) electrons. The third kappa shape index (κ3) is 4.80. The molecule has 8 nitrogen and oxygen atoms in total. The van der Waals surface area contributed by atoms with Crippen LogP contribution in [0.1, 0.15) is 39.7 Å². The number of aryl methyl sites for hydroxylation is 1. The van der Waals surface area contributed by atoms with Gasteiger partial charge in [0.2, 0.25) is 0 Å². The third-order valence-electron chi connectivity index (χ3n) is 6.08. The minimum Gasteiger partial charge on any atom is -0.481 e. The van der Waals surface area contributed by atoms with Crippen LogP contribution in [0.3, 0.4) is 0 Å². The van der Waals surface area contributed by atoms with Crippen molar-refractivity contribution in [3.8, 4) is 5.75 Å². The van der Waals surface area contributed by atoms with Crippen LogP contribution in [0, 0.1) is 13.8 Å². The molecule has 1 aromatic heterocycles. The average Bonchev–Trinajstić information content (AvgIpc) is 3.39. The fraction of sp³-hybridized carbons (Fsp3) is 0.269. The van der Waals surface area contributed by atoms with Gasteiger partial charge in [0.25, 0.3) is 17.7 Å². The summed E-state index contributed by atoms with van der Waals surface area (Å²) in [6.45, 7) is 5.74. The quantitative estimate of drug-likeness (QED) is 0.569. The predicted molar refractivity (Wildman–Crippen MR) is 125 cm³/mol. The van der Waals surface area contributed by atoms with E-state index >= 15 is 0 Å². The van der Waals surface area contributed by atoms with Gasteiger partial charge in [-0.2, -0.15) is 0 Å². The second-order valence-electron chi connectivity index (χ2n) is 8.34. The van der Waals surface area contributed by atoms with Crippen LogP contribution in [-0.2, 0) is 22.6 Å². The smallest absolute Gasteiger partial charge is 0.290 e. The zero-order valence-electron chi connectivity index (χ0n) is 19.3. The molecule has 1 aliphatic rings. The van der Waals surface area contributed by atoms with Gasteiger partial charge in [-0.25, -0.2) is 0 Å². The van der Waals surface area contributed by atoms with Gasteiger partial charge in [0.15, 0.2) is 11.9 Å². The number of rotatable bonds is 5. The molecule has 2 N–H and O–H groups in total. The van der Waals surface area contributed by atoms with Gasteiger partial charge in [-0.1, -0.05) is 36.4 Å². The van der Waals surface area contributed by atoms with Crippen molar-refractivity contribution < 1.29 is 23.5 Å². The Balaban J connectivity index is 1.44. The van der Waals surface area contributed by atoms with Gasteiger partial charge < -0.3 is 14.1 Å². The second kappa shape index (κ2) is 9.82. The van der Waals surface area contributed by atoms with Crippen LogP contribution in [0.2, 0.25) is 0 Å². The Bertz CT molecular complexity index is 1200. The lowest BCUT2D eigenvalue weighted by Crippen LogP contribution is -2.57. The first-order valence-electron chi connectivity index (χ1n) is 11.1. The van der Waals surface area contributed by atoms with E-state index in [0.717, 1.165) is 22.3 Å². The Kier molecular flexibility index (Phi) is 6.67. The molecule has 2 atom stereocenters. The molecule has 0 spiro atoms. The van der Waals surface area contributed by atoms with Crippen molar-refractivity contribution in [1.82, 2.24) is 15.8 Å². The molecule has 2 heterocycles. The van der Waals surface area contributed by atoms with E-state index in [0.29, 0.717) is 12.2 Å². The second-order valence-corrected chi connectivity index (χ2v) is 8.34. The van der Waals surface area contributed by atoms with Crippen molar-refractivity contribution >= 4 is 17.7 Å². The van der Waals surface area contributed by atoms with E-state index in [1.807, 2.05) is 50.2 Å². The number of furan rings is 1. The molecule has 0 bridgehead atoms. The Morgan fingerprint density at radius 2 is 1.76 bits per heavy atom. The highest BCUT2D eigenvalue weighted by molar-refractivity contribution is 5.96. The zero-order chi connectivity index (χ0) is 24.2. The molecule has 0 saturated carbocycles. The third-order valence-corrected chi connectivity index (χ3v) is 6.08. The van der Waals surface area contributed by atoms with E-state index < -0.39 is 29.9 Å². The van der Waals surface area contributed by atoms with Crippen molar-refractivity contribution in [2.45, 2.75) is 45.9 Å². The molecule has 34 heavy (non-hydrogen) atoms. The molecule has 3 amide bonds. The standard InChI is InChI=1S/C26H27N3O5/c1-16-8-6-11-22(17(16)2)34-18(3)24(30)27-28-25(31)21-14-19-9-4-5-10-20(19)15-29(21)26(32)23-12-7-13-33-23/h4-13,18,21H,14-15H2,1-3H3,(H,27,30)(H,28,31). The van der Waals surface area contributed by atoms with Crippen LogP contribution in [0.15, 0.2) is 65.3 Å². The Hall–Kier alpha value is -4.07. The first-order chi connectivity index (χ1) is 16.3. The topological polar surface area (TPSA) is 101 Å². The summed E-state index contributed by atoms with van der Waals surface area (Å²) in [6, 6.07) is 15.6. The van der Waals surface area contributed by atoms with Gasteiger partial charge in [-0.3, -0.25) is 25.2 Å². The highest BCUT2D eigenvalue weighted by Gasteiger charge is 2.36. The van der Waals surface area contributed by atoms with Gasteiger partial charge in [0.05, 0.1) is 6.26 Å². The van der Waals surface area contributed by atoms with Crippen molar-refractivity contribution in [2.75, 3.05) is 0 Å². The van der Waals surface area contributed by atoms with Crippen LogP contribution in [0.4, 0.5) is 0 Å². The van der Waals surface area contributed by atoms with E-state index in [4.69, 9.17) is 9.15 Å². The minimum absolute atomic E-state index is 0.150. The van der Waals surface area contributed by atoms with Gasteiger partial charge in [0.1, 0.15) is 11.8 Å². The number of fused-ring (bicyclic) bond motifs is 1. The molecule has 3 aromatic rings. The van der Waals surface area contributed by atoms with Crippen LogP contribution in [0.5, 0.6) is 5.75 Å². The molecular weight excluding hydrogens is 434 g/mol. The van der Waals surface area contributed by atoms with Gasteiger partial charge >= 0.3 is 0 Å². The summed E-state index contributed by atoms with van der Waals surface area (Å²) in [5.41, 5.74) is 8.83. The van der Waals surface area contributed by atoms with E-state index in [2.05, 4.69) is 10.9 Å². The number of benzene rings is 2. The Labute approximate surface area is 197 Å². The summed E-state index contributed by atoms with van der Waals surface area (Å²) in [4.78, 5) is 40.2. The molecule has 0 saturated heterocycles. The molecule has 2 aromatic carbocycles. The highest BCUT2D eigenvalue weighted by Crippen LogP contribution is 2.25. The van der Waals surface area contributed by atoms with Crippen molar-refractivity contribution in [3.63, 3.8) is 0 Å². The number of hydrogen-bond acceptors (Lipinski definition) is 5. The number of hydrazine groups is 1. The average molecular weight is 462 g/mol. The lowest BCUT2D eigenvalue weighted by molar-refractivity contribution is -0.134. The lowest BCUT2D eigenvalue weighted by Gasteiger charge is -2.35. The fourth-order valence-electron chi connectivity index (χ4n) is 3.92. The van der Waals surface area contributed by atoms with E-state index in [9.17, 15) is 14.4 Å². The van der Waals surface area contributed by atoms with Crippen LogP contribution in [0.25, 0.3) is 0 Å². The summed E-state index contributed by atoms with van der Waals surface area (Å²) >= 11 is 0. The molecular formula is C26H27N3O5. The molecule has 1 aliphatic heterocycles. The summed E-state index contributed by atoms with van der Waals surface area (Å²) in [5, 5.41) is 0. The van der Waals surface area contributed by atoms with E-state index in [-0.39, 0.29) is 12.3 Å². The molecule has 176 valence electrons. The SMILES string of the molecule is Cc1cccc(OC(C)C(=O)NNC(=O)C2Cc3ccccc3CN2C(=O)c2ccco2)c1C. The monoisotopic (exact) mass is 461 g/mol. The maximum absolute atomic E-state index is 13.1. The molecule has 4 rings (SSSR count). The first kappa shape index (κ1) is 23.1. The number of ether oxygens (including phenoxy) is 1. The normalized spacial score (nSPS) is 15.7. The van der Waals surface area contributed by atoms with Crippen LogP contribution in [-0.4, -0.2) is 34.8 Å². The van der Waals surface area contributed by atoms with Crippen LogP contribution >= 0.6 is 0 Å². The van der Waals surface area contributed by atoms with Gasteiger partial charge in [0, 0.05) is 13.0 Å². The summed E-state index contributed by atoms with van der Waals surface area (Å²) in [6.07, 6.45) is 0.894. The summed E-state index contributed by atoms with van der Waals surface area (Å²) in [7, 11) is 0. The predicted octanol–water partition coefficient (Wildman–Crippen LogP) is 3.08. The molecule has 2 unspecified atom stereocenters. The maximum atomic E-state index is 13.1. The number of nitrogens with one attached hydrogen (secondary N) is 2. The lowest BCUT2D eigenvalue weighted by atomic mass is 9.93. The van der Waals surface area contributed by atoms with Gasteiger partial charge in [-0.15, -0.1) is 0 Å². The Morgan fingerprint density at radius 1 is 1.00 bits per heavy atom. The molecule has 8 heteroatoms. The van der Waals surface area contributed by atoms with Crippen molar-refractivity contribution in [1.29, 1.82) is 0 Å². The summed E-state index contributed by atoms with van der Waals surface area (Å²) in [5.74, 6) is -0.640. The molecule has 0 aliphatic carbocycles. The number of nitrogens with zero attached hydrogens (tertiary/aromatic N) is 1. The van der Waals surface area contributed by atoms with E-state index in [1.165, 1.54) is 11.2 Å². The van der Waals surface area contributed by atoms with E-state index in [1.54, 1.807) is 25.1 Å². The fourth-order valence-corrected chi connectivity index (χ4v) is 3.92. The number of hydrogen-bond donors (Lipinski definition) is 2. The largest absolute Gasteiger partial charge is 0.481 e. The highest BCUT2D eigenvalue weighted by atomic mass is 16.5.